The van der Waals surface area contributed by atoms with Gasteiger partial charge in [0.2, 0.25) is 8.32 Å². The molecule has 1 heterocycles. The zero-order valence-electron chi connectivity index (χ0n) is 19.9. The Morgan fingerprint density at radius 2 is 1.41 bits per heavy atom. The highest BCUT2D eigenvalue weighted by molar-refractivity contribution is 6.77. The molecule has 7 heteroatoms. The van der Waals surface area contributed by atoms with Crippen LogP contribution in [0.1, 0.15) is 61.3 Å². The fourth-order valence-electron chi connectivity index (χ4n) is 5.29. The minimum absolute atomic E-state index is 0.186. The van der Waals surface area contributed by atoms with E-state index in [1.807, 2.05) is 0 Å². The first-order valence-corrected chi connectivity index (χ1v) is 16.6. The predicted octanol–water partition coefficient (Wildman–Crippen LogP) is 5.58. The number of carbonyl (C=O) groups is 2. The van der Waals surface area contributed by atoms with Gasteiger partial charge in [-0.2, -0.15) is 0 Å². The molecule has 29 heavy (non-hydrogen) atoms. The topological polar surface area (TPSA) is 61.8 Å². The molecule has 0 saturated heterocycles. The Labute approximate surface area is 178 Å². The average Bonchev–Trinajstić information content (AvgIpc) is 2.75. The highest BCUT2D eigenvalue weighted by Crippen LogP contribution is 2.46. The number of esters is 2. The summed E-state index contributed by atoms with van der Waals surface area (Å²) in [5.41, 5.74) is 2.20. The number of rotatable bonds is 7. The van der Waals surface area contributed by atoms with Gasteiger partial charge in [-0.05, 0) is 55.0 Å². The van der Waals surface area contributed by atoms with Crippen LogP contribution in [-0.2, 0) is 23.2 Å². The Hall–Kier alpha value is -0.766. The fourth-order valence-corrected chi connectivity index (χ4v) is 11.9. The molecule has 0 aromatic rings. The van der Waals surface area contributed by atoms with Crippen molar-refractivity contribution in [3.8, 4) is 0 Å². The molecule has 1 aliphatic heterocycles. The lowest BCUT2D eigenvalue weighted by atomic mass is 9.96. The van der Waals surface area contributed by atoms with E-state index < -0.39 is 34.7 Å². The molecule has 0 aromatic carbocycles. The number of hydrogen-bond donors (Lipinski definition) is 0. The Bertz CT molecular complexity index is 653. The molecule has 5 nitrogen and oxygen atoms in total. The van der Waals surface area contributed by atoms with E-state index in [1.54, 1.807) is 0 Å². The molecule has 0 saturated carbocycles. The molecule has 2 rings (SSSR count). The van der Waals surface area contributed by atoms with Crippen LogP contribution in [0.3, 0.4) is 0 Å². The maximum Gasteiger partial charge on any atom is 0.345 e. The summed E-state index contributed by atoms with van der Waals surface area (Å²) in [6, 6.07) is 0. The van der Waals surface area contributed by atoms with Crippen LogP contribution >= 0.6 is 0 Å². The third kappa shape index (κ3) is 4.78. The van der Waals surface area contributed by atoms with Crippen molar-refractivity contribution in [1.29, 1.82) is 0 Å². The van der Waals surface area contributed by atoms with Gasteiger partial charge in [-0.25, -0.2) is 9.59 Å². The quantitative estimate of drug-likeness (QED) is 0.294. The largest absolute Gasteiger partial charge is 0.410 e. The van der Waals surface area contributed by atoms with E-state index in [9.17, 15) is 9.59 Å². The smallest absolute Gasteiger partial charge is 0.345 e. The number of carbonyl (C=O) groups excluding carboxylic acids is 2. The highest BCUT2D eigenvalue weighted by Gasteiger charge is 2.52. The molecular formula is C22H40O5Si2. The molecule has 0 fully saturated rings. The number of hydrogen-bond acceptors (Lipinski definition) is 5. The van der Waals surface area contributed by atoms with Gasteiger partial charge in [-0.15, -0.1) is 0 Å². The van der Waals surface area contributed by atoms with Crippen LogP contribution in [0, 0.1) is 5.92 Å². The zero-order chi connectivity index (χ0) is 22.3. The maximum absolute atomic E-state index is 12.7. The fraction of sp³-hybridized carbons (Fsp3) is 0.818. The van der Waals surface area contributed by atoms with Gasteiger partial charge in [0.1, 0.15) is 6.10 Å². The predicted molar refractivity (Wildman–Crippen MR) is 121 cm³/mol. The molecule has 0 bridgehead atoms. The van der Waals surface area contributed by atoms with Gasteiger partial charge >= 0.3 is 11.9 Å². The van der Waals surface area contributed by atoms with Gasteiger partial charge in [-0.1, -0.05) is 48.5 Å². The van der Waals surface area contributed by atoms with E-state index in [0.29, 0.717) is 34.2 Å². The van der Waals surface area contributed by atoms with Crippen LogP contribution in [-0.4, -0.2) is 40.8 Å². The van der Waals surface area contributed by atoms with Crippen molar-refractivity contribution in [3.05, 3.63) is 11.1 Å². The average molecular weight is 441 g/mol. The van der Waals surface area contributed by atoms with Crippen LogP contribution in [0.4, 0.5) is 0 Å². The molecule has 0 radical (unpaired) electrons. The lowest BCUT2D eigenvalue weighted by molar-refractivity contribution is -0.152. The first-order valence-electron chi connectivity index (χ1n) is 11.1. The van der Waals surface area contributed by atoms with Gasteiger partial charge < -0.3 is 13.6 Å². The summed E-state index contributed by atoms with van der Waals surface area (Å²) in [6.45, 7) is 22.1. The Kier molecular flexibility index (Phi) is 7.41. The monoisotopic (exact) mass is 440 g/mol. The van der Waals surface area contributed by atoms with E-state index in [-0.39, 0.29) is 12.0 Å². The Balaban J connectivity index is 2.60. The van der Waals surface area contributed by atoms with Crippen LogP contribution in [0.5, 0.6) is 0 Å². The standard InChI is InChI=1S/C22H40O5Si2/c1-13(2)29(14(3)4,15(5)6)27-19-16(7)11-12-17-18(22(24)25-21(17)23)20(19)26-28(8,9)10/h13-16,19-20H,11-12H2,1-10H3/t16-,19-,20?/m1/s1. The molecule has 166 valence electrons. The van der Waals surface area contributed by atoms with E-state index in [0.717, 1.165) is 6.42 Å². The summed E-state index contributed by atoms with van der Waals surface area (Å²) >= 11 is 0. The lowest BCUT2D eigenvalue weighted by Crippen LogP contribution is -2.55. The van der Waals surface area contributed by atoms with Crippen molar-refractivity contribution in [2.45, 2.75) is 110 Å². The van der Waals surface area contributed by atoms with Crippen LogP contribution in [0.2, 0.25) is 36.3 Å². The molecule has 0 aromatic heterocycles. The van der Waals surface area contributed by atoms with Gasteiger partial charge in [0.05, 0.1) is 17.3 Å². The van der Waals surface area contributed by atoms with Crippen molar-refractivity contribution < 1.29 is 23.2 Å². The van der Waals surface area contributed by atoms with Crippen LogP contribution in [0.15, 0.2) is 11.1 Å². The van der Waals surface area contributed by atoms with Gasteiger partial charge in [0.15, 0.2) is 8.32 Å². The molecule has 1 unspecified atom stereocenters. The summed E-state index contributed by atoms with van der Waals surface area (Å²) < 4.78 is 18.8. The second-order valence-corrected chi connectivity index (χ2v) is 20.5. The summed E-state index contributed by atoms with van der Waals surface area (Å²) in [7, 11) is -4.23. The van der Waals surface area contributed by atoms with E-state index in [1.165, 1.54) is 0 Å². The number of cyclic esters (lactones) is 2. The Morgan fingerprint density at radius 3 is 1.86 bits per heavy atom. The molecule has 3 atom stereocenters. The third-order valence-electron chi connectivity index (χ3n) is 6.50. The third-order valence-corrected chi connectivity index (χ3v) is 13.6. The van der Waals surface area contributed by atoms with E-state index in [4.69, 9.17) is 13.6 Å². The van der Waals surface area contributed by atoms with Gasteiger partial charge in [0, 0.05) is 0 Å². The molecular weight excluding hydrogens is 400 g/mol. The summed E-state index contributed by atoms with van der Waals surface area (Å²) in [4.78, 5) is 25.0. The van der Waals surface area contributed by atoms with Crippen molar-refractivity contribution >= 4 is 28.6 Å². The maximum atomic E-state index is 12.7. The van der Waals surface area contributed by atoms with Crippen molar-refractivity contribution in [2.24, 2.45) is 5.92 Å². The van der Waals surface area contributed by atoms with E-state index in [2.05, 4.69) is 68.1 Å². The minimum atomic E-state index is -2.20. The highest BCUT2D eigenvalue weighted by atomic mass is 28.4. The zero-order valence-corrected chi connectivity index (χ0v) is 21.9. The lowest BCUT2D eigenvalue weighted by Gasteiger charge is -2.47. The molecule has 0 spiro atoms. The summed E-state index contributed by atoms with van der Waals surface area (Å²) in [5, 5.41) is 0. The first-order chi connectivity index (χ1) is 13.2. The van der Waals surface area contributed by atoms with E-state index >= 15 is 0 Å². The van der Waals surface area contributed by atoms with Gasteiger partial charge in [-0.3, -0.25) is 0 Å². The van der Waals surface area contributed by atoms with Gasteiger partial charge in [0.25, 0.3) is 0 Å². The first kappa shape index (κ1) is 24.5. The summed E-state index contributed by atoms with van der Waals surface area (Å²) in [6.07, 6.45) is 0.560. The second-order valence-electron chi connectivity index (χ2n) is 10.6. The molecule has 2 aliphatic rings. The van der Waals surface area contributed by atoms with Crippen molar-refractivity contribution in [1.82, 2.24) is 0 Å². The SMILES string of the molecule is CC(C)[Si](O[C@H]1C(O[Si](C)(C)C)C2=C(CC[C@H]1C)C(=O)OC2=O)(C(C)C)C(C)C. The Morgan fingerprint density at radius 1 is 0.897 bits per heavy atom. The molecule has 1 aliphatic carbocycles. The van der Waals surface area contributed by atoms with Crippen molar-refractivity contribution in [3.63, 3.8) is 0 Å². The minimum Gasteiger partial charge on any atom is -0.410 e. The van der Waals surface area contributed by atoms with Crippen LogP contribution in [0.25, 0.3) is 0 Å². The second kappa shape index (κ2) is 8.77. The van der Waals surface area contributed by atoms with Crippen molar-refractivity contribution in [2.75, 3.05) is 0 Å². The molecule has 0 amide bonds. The van der Waals surface area contributed by atoms with Crippen LogP contribution < -0.4 is 0 Å². The summed E-state index contributed by atoms with van der Waals surface area (Å²) in [5.74, 6) is -0.852. The normalized spacial score (nSPS) is 26.4. The molecule has 0 N–H and O–H groups in total. The number of ether oxygens (including phenoxy) is 1.